The zero-order valence-corrected chi connectivity index (χ0v) is 9.00. The molecule has 0 saturated carbocycles. The highest BCUT2D eigenvalue weighted by molar-refractivity contribution is 6.03. The predicted molar refractivity (Wildman–Crippen MR) is 62.8 cm³/mol. The van der Waals surface area contributed by atoms with E-state index in [1.54, 1.807) is 36.4 Å². The molecule has 0 saturated heterocycles. The van der Waals surface area contributed by atoms with E-state index in [4.69, 9.17) is 15.3 Å². The summed E-state index contributed by atoms with van der Waals surface area (Å²) in [5.74, 6) is -0.967. The van der Waals surface area contributed by atoms with Crippen LogP contribution in [-0.2, 0) is 6.42 Å². The summed E-state index contributed by atoms with van der Waals surface area (Å²) in [6.07, 6.45) is -1.26. The van der Waals surface area contributed by atoms with Crippen molar-refractivity contribution in [1.29, 1.82) is 0 Å². The van der Waals surface area contributed by atoms with E-state index < -0.39 is 12.3 Å². The van der Waals surface area contributed by atoms with Crippen molar-refractivity contribution in [1.82, 2.24) is 0 Å². The van der Waals surface area contributed by atoms with Gasteiger partial charge in [0.25, 0.3) is 0 Å². The average Bonchev–Trinajstić information content (AvgIpc) is 2.26. The van der Waals surface area contributed by atoms with Gasteiger partial charge in [-0.25, -0.2) is 4.79 Å². The fraction of sp³-hybridized carbons (Fsp3) is 0.154. The van der Waals surface area contributed by atoms with Crippen LogP contribution in [-0.4, -0.2) is 27.6 Å². The lowest BCUT2D eigenvalue weighted by molar-refractivity contribution is -0.0381. The molecule has 0 bridgehead atoms. The fourth-order valence-electron chi connectivity index (χ4n) is 1.86. The van der Waals surface area contributed by atoms with Crippen molar-refractivity contribution >= 4 is 16.7 Å². The zero-order chi connectivity index (χ0) is 12.4. The second kappa shape index (κ2) is 4.53. The molecular formula is C13H12O4. The topological polar surface area (TPSA) is 77.8 Å². The van der Waals surface area contributed by atoms with Crippen LogP contribution in [0.3, 0.4) is 0 Å². The molecule has 4 nitrogen and oxygen atoms in total. The Bertz CT molecular complexity index is 560. The number of carbonyl (C=O) groups is 1. The van der Waals surface area contributed by atoms with Crippen LogP contribution in [0.15, 0.2) is 36.4 Å². The number of aliphatic hydroxyl groups is 2. The molecule has 0 radical (unpaired) electrons. The number of rotatable bonds is 3. The van der Waals surface area contributed by atoms with Crippen molar-refractivity contribution < 1.29 is 20.1 Å². The summed E-state index contributed by atoms with van der Waals surface area (Å²) in [7, 11) is 0. The summed E-state index contributed by atoms with van der Waals surface area (Å²) < 4.78 is 0. The van der Waals surface area contributed by atoms with Crippen LogP contribution >= 0.6 is 0 Å². The number of benzene rings is 2. The largest absolute Gasteiger partial charge is 0.478 e. The normalized spacial score (nSPS) is 11.0. The minimum Gasteiger partial charge on any atom is -0.478 e. The minimum absolute atomic E-state index is 0.132. The van der Waals surface area contributed by atoms with E-state index in [0.717, 1.165) is 10.9 Å². The van der Waals surface area contributed by atoms with Crippen LogP contribution in [0.25, 0.3) is 10.8 Å². The second-order valence-electron chi connectivity index (χ2n) is 3.85. The molecule has 3 N–H and O–H groups in total. The van der Waals surface area contributed by atoms with Gasteiger partial charge in [-0.15, -0.1) is 0 Å². The van der Waals surface area contributed by atoms with Gasteiger partial charge in [-0.2, -0.15) is 0 Å². The van der Waals surface area contributed by atoms with Gasteiger partial charge in [0.2, 0.25) is 0 Å². The molecule has 2 aromatic carbocycles. The number of carboxylic acids is 1. The number of aliphatic hydroxyl groups excluding tert-OH is 1. The van der Waals surface area contributed by atoms with Crippen molar-refractivity contribution in [2.24, 2.45) is 0 Å². The SMILES string of the molecule is O=C(O)c1cccc2cc(CC(O)O)ccc12. The predicted octanol–water partition coefficient (Wildman–Crippen LogP) is 1.39. The van der Waals surface area contributed by atoms with Gasteiger partial charge in [0.15, 0.2) is 6.29 Å². The monoisotopic (exact) mass is 232 g/mol. The van der Waals surface area contributed by atoms with Crippen molar-refractivity contribution in [2.75, 3.05) is 0 Å². The van der Waals surface area contributed by atoms with Crippen LogP contribution in [0.1, 0.15) is 15.9 Å². The smallest absolute Gasteiger partial charge is 0.336 e. The quantitative estimate of drug-likeness (QED) is 0.699. The molecule has 0 heterocycles. The van der Waals surface area contributed by atoms with Crippen LogP contribution in [0.5, 0.6) is 0 Å². The Morgan fingerprint density at radius 3 is 2.59 bits per heavy atom. The van der Waals surface area contributed by atoms with E-state index in [-0.39, 0.29) is 12.0 Å². The molecule has 88 valence electrons. The van der Waals surface area contributed by atoms with E-state index >= 15 is 0 Å². The molecule has 17 heavy (non-hydrogen) atoms. The first-order valence-electron chi connectivity index (χ1n) is 5.19. The summed E-state index contributed by atoms with van der Waals surface area (Å²) >= 11 is 0. The van der Waals surface area contributed by atoms with Gasteiger partial charge < -0.3 is 15.3 Å². The lowest BCUT2D eigenvalue weighted by atomic mass is 10.0. The average molecular weight is 232 g/mol. The number of hydrogen-bond acceptors (Lipinski definition) is 3. The highest BCUT2D eigenvalue weighted by Crippen LogP contribution is 2.21. The van der Waals surface area contributed by atoms with Crippen LogP contribution < -0.4 is 0 Å². The summed E-state index contributed by atoms with van der Waals surface area (Å²) in [4.78, 5) is 11.0. The van der Waals surface area contributed by atoms with E-state index in [1.165, 1.54) is 0 Å². The molecule has 0 unspecified atom stereocenters. The fourth-order valence-corrected chi connectivity index (χ4v) is 1.86. The third-order valence-electron chi connectivity index (χ3n) is 2.59. The van der Waals surface area contributed by atoms with Gasteiger partial charge in [-0.05, 0) is 22.4 Å². The molecule has 0 spiro atoms. The first-order chi connectivity index (χ1) is 8.08. The number of aromatic carboxylic acids is 1. The molecule has 0 atom stereocenters. The summed E-state index contributed by atoms with van der Waals surface area (Å²) in [6.45, 7) is 0. The zero-order valence-electron chi connectivity index (χ0n) is 9.00. The van der Waals surface area contributed by atoms with E-state index in [9.17, 15) is 4.79 Å². The van der Waals surface area contributed by atoms with Gasteiger partial charge >= 0.3 is 5.97 Å². The maximum absolute atomic E-state index is 11.0. The first kappa shape index (κ1) is 11.6. The maximum atomic E-state index is 11.0. The lowest BCUT2D eigenvalue weighted by Gasteiger charge is -2.07. The summed E-state index contributed by atoms with van der Waals surface area (Å²) in [5.41, 5.74) is 1.01. The Morgan fingerprint density at radius 2 is 1.94 bits per heavy atom. The highest BCUT2D eigenvalue weighted by Gasteiger charge is 2.08. The van der Waals surface area contributed by atoms with Crippen LogP contribution in [0.4, 0.5) is 0 Å². The highest BCUT2D eigenvalue weighted by atomic mass is 16.5. The van der Waals surface area contributed by atoms with E-state index in [0.29, 0.717) is 5.39 Å². The molecular weight excluding hydrogens is 220 g/mol. The molecule has 0 amide bonds. The molecule has 0 aliphatic heterocycles. The lowest BCUT2D eigenvalue weighted by Crippen LogP contribution is -2.08. The number of hydrogen-bond donors (Lipinski definition) is 3. The number of fused-ring (bicyclic) bond motifs is 1. The number of carboxylic acid groups (broad SMARTS) is 1. The van der Waals surface area contributed by atoms with Gasteiger partial charge in [0, 0.05) is 6.42 Å². The van der Waals surface area contributed by atoms with E-state index in [2.05, 4.69) is 0 Å². The Balaban J connectivity index is 2.53. The molecule has 0 aliphatic carbocycles. The molecule has 2 rings (SSSR count). The Kier molecular flexibility index (Phi) is 3.08. The Labute approximate surface area is 97.8 Å². The van der Waals surface area contributed by atoms with Crippen molar-refractivity contribution in [2.45, 2.75) is 12.7 Å². The molecule has 4 heteroatoms. The van der Waals surface area contributed by atoms with Crippen molar-refractivity contribution in [3.05, 3.63) is 47.5 Å². The standard InChI is InChI=1S/C13H12O4/c14-12(15)7-8-4-5-10-9(6-8)2-1-3-11(10)13(16)17/h1-6,12,14-15H,7H2,(H,16,17). The molecule has 0 aliphatic rings. The Morgan fingerprint density at radius 1 is 1.18 bits per heavy atom. The molecule has 2 aromatic rings. The van der Waals surface area contributed by atoms with Gasteiger partial charge in [-0.1, -0.05) is 30.3 Å². The third-order valence-corrected chi connectivity index (χ3v) is 2.59. The minimum atomic E-state index is -1.39. The van der Waals surface area contributed by atoms with Crippen molar-refractivity contribution in [3.8, 4) is 0 Å². The summed E-state index contributed by atoms with van der Waals surface area (Å²) in [6, 6.07) is 10.2. The second-order valence-corrected chi connectivity index (χ2v) is 3.85. The third kappa shape index (κ3) is 2.43. The van der Waals surface area contributed by atoms with Crippen LogP contribution in [0, 0.1) is 0 Å². The Hall–Kier alpha value is -1.91. The molecule has 0 fully saturated rings. The van der Waals surface area contributed by atoms with Crippen molar-refractivity contribution in [3.63, 3.8) is 0 Å². The van der Waals surface area contributed by atoms with Gasteiger partial charge in [-0.3, -0.25) is 0 Å². The molecule has 0 aromatic heterocycles. The van der Waals surface area contributed by atoms with Gasteiger partial charge in [0.1, 0.15) is 0 Å². The van der Waals surface area contributed by atoms with E-state index in [1.807, 2.05) is 0 Å². The maximum Gasteiger partial charge on any atom is 0.336 e. The van der Waals surface area contributed by atoms with Gasteiger partial charge in [0.05, 0.1) is 5.56 Å². The summed E-state index contributed by atoms with van der Waals surface area (Å²) in [5, 5.41) is 28.2. The first-order valence-corrected chi connectivity index (χ1v) is 5.19. The van der Waals surface area contributed by atoms with Crippen LogP contribution in [0.2, 0.25) is 0 Å².